The highest BCUT2D eigenvalue weighted by Gasteiger charge is 2.25. The minimum absolute atomic E-state index is 0.297. The summed E-state index contributed by atoms with van der Waals surface area (Å²) in [7, 11) is 0. The number of nitrogens with one attached hydrogen (secondary N) is 2. The summed E-state index contributed by atoms with van der Waals surface area (Å²) in [4.78, 5) is 4.41. The third-order valence-electron chi connectivity index (χ3n) is 4.32. The van der Waals surface area contributed by atoms with Gasteiger partial charge >= 0.3 is 0 Å². The predicted molar refractivity (Wildman–Crippen MR) is 88.1 cm³/mol. The zero-order valence-electron chi connectivity index (χ0n) is 13.2. The van der Waals surface area contributed by atoms with Crippen LogP contribution in [-0.4, -0.2) is 39.9 Å². The second-order valence-corrected chi connectivity index (χ2v) is 6.01. The number of alkyl halides is 1. The Kier molecular flexibility index (Phi) is 4.04. The SMILES string of the molecule is Fc1ccc(-c2cccn3nc(N[C@@H]4CCNC[C@@H]4F)nc23)cc1F. The monoisotopic (exact) mass is 347 g/mol. The molecule has 5 nitrogen and oxygen atoms in total. The van der Waals surface area contributed by atoms with Crippen LogP contribution in [0.5, 0.6) is 0 Å². The van der Waals surface area contributed by atoms with E-state index in [1.165, 1.54) is 10.6 Å². The number of rotatable bonds is 3. The molecule has 0 amide bonds. The molecule has 0 unspecified atom stereocenters. The van der Waals surface area contributed by atoms with E-state index in [-0.39, 0.29) is 6.04 Å². The molecule has 130 valence electrons. The van der Waals surface area contributed by atoms with E-state index in [1.54, 1.807) is 18.3 Å². The summed E-state index contributed by atoms with van der Waals surface area (Å²) in [5, 5.41) is 10.3. The van der Waals surface area contributed by atoms with Gasteiger partial charge in [-0.3, -0.25) is 0 Å². The van der Waals surface area contributed by atoms with Crippen LogP contribution >= 0.6 is 0 Å². The molecule has 1 saturated heterocycles. The lowest BCUT2D eigenvalue weighted by molar-refractivity contribution is 0.244. The third kappa shape index (κ3) is 3.05. The molecule has 2 atom stereocenters. The standard InChI is InChI=1S/C17H16F3N5/c18-12-4-3-10(8-13(12)19)11-2-1-7-25-16(11)23-17(24-25)22-15-5-6-21-9-14(15)20/h1-4,7-8,14-15,21H,5-6,9H2,(H,22,24)/t14-,15+/m0/s1. The van der Waals surface area contributed by atoms with Crippen LogP contribution in [0.1, 0.15) is 6.42 Å². The van der Waals surface area contributed by atoms with Gasteiger partial charge in [-0.05, 0) is 42.8 Å². The summed E-state index contributed by atoms with van der Waals surface area (Å²) in [5.74, 6) is -1.52. The van der Waals surface area contributed by atoms with Crippen LogP contribution in [0.4, 0.5) is 19.1 Å². The highest BCUT2D eigenvalue weighted by molar-refractivity contribution is 5.77. The maximum absolute atomic E-state index is 14.0. The van der Waals surface area contributed by atoms with Crippen LogP contribution in [-0.2, 0) is 0 Å². The van der Waals surface area contributed by atoms with Crippen LogP contribution < -0.4 is 10.6 Å². The Labute approximate surface area is 141 Å². The molecule has 1 fully saturated rings. The minimum Gasteiger partial charge on any atom is -0.347 e. The van der Waals surface area contributed by atoms with E-state index in [4.69, 9.17) is 0 Å². The summed E-state index contributed by atoms with van der Waals surface area (Å²) in [5.41, 5.74) is 1.60. The molecule has 1 aliphatic heterocycles. The normalized spacial score (nSPS) is 20.8. The van der Waals surface area contributed by atoms with E-state index in [1.807, 2.05) is 0 Å². The molecular weight excluding hydrogens is 331 g/mol. The Morgan fingerprint density at radius 1 is 1.20 bits per heavy atom. The molecule has 0 saturated carbocycles. The van der Waals surface area contributed by atoms with Crippen molar-refractivity contribution in [2.75, 3.05) is 18.4 Å². The first-order valence-corrected chi connectivity index (χ1v) is 8.04. The van der Waals surface area contributed by atoms with Crippen LogP contribution in [0.25, 0.3) is 16.8 Å². The number of pyridine rings is 1. The van der Waals surface area contributed by atoms with Gasteiger partial charge in [0.05, 0.1) is 6.04 Å². The van der Waals surface area contributed by atoms with Gasteiger partial charge in [0.25, 0.3) is 0 Å². The smallest absolute Gasteiger partial charge is 0.243 e. The molecule has 3 aromatic rings. The van der Waals surface area contributed by atoms with Crippen molar-refractivity contribution < 1.29 is 13.2 Å². The second-order valence-electron chi connectivity index (χ2n) is 6.01. The third-order valence-corrected chi connectivity index (χ3v) is 4.32. The molecule has 25 heavy (non-hydrogen) atoms. The summed E-state index contributed by atoms with van der Waals surface area (Å²) >= 11 is 0. The van der Waals surface area contributed by atoms with Gasteiger partial charge in [-0.1, -0.05) is 6.07 Å². The summed E-state index contributed by atoms with van der Waals surface area (Å²) in [6, 6.07) is 6.82. The van der Waals surface area contributed by atoms with Crippen molar-refractivity contribution in [1.82, 2.24) is 19.9 Å². The Bertz CT molecular complexity index is 910. The van der Waals surface area contributed by atoms with E-state index >= 15 is 0 Å². The van der Waals surface area contributed by atoms with Gasteiger partial charge in [0, 0.05) is 18.3 Å². The molecule has 1 aliphatic rings. The molecule has 1 aromatic carbocycles. The highest BCUT2D eigenvalue weighted by atomic mass is 19.2. The van der Waals surface area contributed by atoms with Crippen molar-refractivity contribution in [3.05, 3.63) is 48.2 Å². The van der Waals surface area contributed by atoms with Crippen molar-refractivity contribution in [2.24, 2.45) is 0 Å². The molecule has 0 spiro atoms. The molecule has 2 N–H and O–H groups in total. The van der Waals surface area contributed by atoms with Gasteiger partial charge in [-0.2, -0.15) is 4.98 Å². The molecule has 2 aromatic heterocycles. The first-order chi connectivity index (χ1) is 12.1. The van der Waals surface area contributed by atoms with Gasteiger partial charge < -0.3 is 10.6 Å². The average molecular weight is 347 g/mol. The van der Waals surface area contributed by atoms with Gasteiger partial charge in [-0.15, -0.1) is 5.10 Å². The molecule has 0 aliphatic carbocycles. The van der Waals surface area contributed by atoms with Crippen molar-refractivity contribution in [3.63, 3.8) is 0 Å². The lowest BCUT2D eigenvalue weighted by Crippen LogP contribution is -2.45. The first-order valence-electron chi connectivity index (χ1n) is 8.04. The van der Waals surface area contributed by atoms with Gasteiger partial charge in [-0.25, -0.2) is 17.7 Å². The van der Waals surface area contributed by atoms with E-state index in [0.29, 0.717) is 35.7 Å². The molecule has 0 bridgehead atoms. The van der Waals surface area contributed by atoms with Crippen LogP contribution in [0, 0.1) is 11.6 Å². The van der Waals surface area contributed by atoms with E-state index in [0.717, 1.165) is 18.7 Å². The van der Waals surface area contributed by atoms with Crippen molar-refractivity contribution in [3.8, 4) is 11.1 Å². The van der Waals surface area contributed by atoms with Crippen LogP contribution in [0.2, 0.25) is 0 Å². The summed E-state index contributed by atoms with van der Waals surface area (Å²) < 4.78 is 42.2. The zero-order chi connectivity index (χ0) is 17.4. The summed E-state index contributed by atoms with van der Waals surface area (Å²) in [6.45, 7) is 1.02. The number of piperidine rings is 1. The van der Waals surface area contributed by atoms with Crippen LogP contribution in [0.15, 0.2) is 36.5 Å². The fourth-order valence-electron chi connectivity index (χ4n) is 3.01. The highest BCUT2D eigenvalue weighted by Crippen LogP contribution is 2.26. The number of benzene rings is 1. The average Bonchev–Trinajstić information content (AvgIpc) is 3.02. The summed E-state index contributed by atoms with van der Waals surface area (Å²) in [6.07, 6.45) is 1.31. The van der Waals surface area contributed by atoms with E-state index in [2.05, 4.69) is 20.7 Å². The van der Waals surface area contributed by atoms with Gasteiger partial charge in [0.1, 0.15) is 6.17 Å². The fourth-order valence-corrected chi connectivity index (χ4v) is 3.01. The maximum Gasteiger partial charge on any atom is 0.243 e. The predicted octanol–water partition coefficient (Wildman–Crippen LogP) is 2.79. The Morgan fingerprint density at radius 2 is 2.08 bits per heavy atom. The number of hydrogen-bond donors (Lipinski definition) is 2. The van der Waals surface area contributed by atoms with Crippen molar-refractivity contribution in [2.45, 2.75) is 18.6 Å². The maximum atomic E-state index is 14.0. The van der Waals surface area contributed by atoms with Gasteiger partial charge in [0.2, 0.25) is 5.95 Å². The number of aromatic nitrogens is 3. The fraction of sp³-hybridized carbons (Fsp3) is 0.294. The molecule has 3 heterocycles. The van der Waals surface area contributed by atoms with Crippen molar-refractivity contribution >= 4 is 11.6 Å². The Morgan fingerprint density at radius 3 is 2.88 bits per heavy atom. The first kappa shape index (κ1) is 15.9. The second kappa shape index (κ2) is 6.36. The molecular formula is C17H16F3N5. The number of halogens is 3. The van der Waals surface area contributed by atoms with E-state index < -0.39 is 17.8 Å². The number of anilines is 1. The quantitative estimate of drug-likeness (QED) is 0.765. The Balaban J connectivity index is 1.69. The topological polar surface area (TPSA) is 54.2 Å². The van der Waals surface area contributed by atoms with Crippen LogP contribution in [0.3, 0.4) is 0 Å². The lowest BCUT2D eigenvalue weighted by atomic mass is 10.1. The van der Waals surface area contributed by atoms with E-state index in [9.17, 15) is 13.2 Å². The molecule has 4 rings (SSSR count). The van der Waals surface area contributed by atoms with Crippen molar-refractivity contribution in [1.29, 1.82) is 0 Å². The Hall–Kier alpha value is -2.61. The number of hydrogen-bond acceptors (Lipinski definition) is 4. The zero-order valence-corrected chi connectivity index (χ0v) is 13.2. The number of fused-ring (bicyclic) bond motifs is 1. The van der Waals surface area contributed by atoms with Gasteiger partial charge in [0.15, 0.2) is 17.3 Å². The lowest BCUT2D eigenvalue weighted by Gasteiger charge is -2.26. The minimum atomic E-state index is -1.02. The largest absolute Gasteiger partial charge is 0.347 e. The number of nitrogens with zero attached hydrogens (tertiary/aromatic N) is 3. The molecule has 0 radical (unpaired) electrons. The molecule has 8 heteroatoms.